The van der Waals surface area contributed by atoms with Crippen molar-refractivity contribution in [2.75, 3.05) is 11.9 Å². The second-order valence-electron chi connectivity index (χ2n) is 5.67. The first-order chi connectivity index (χ1) is 10.8. The molecular formula is C18H21FN2O. The molecule has 0 fully saturated rings. The van der Waals surface area contributed by atoms with Crippen molar-refractivity contribution in [3.8, 4) is 0 Å². The average molecular weight is 300 g/mol. The van der Waals surface area contributed by atoms with Gasteiger partial charge in [-0.3, -0.25) is 0 Å². The zero-order chi connectivity index (χ0) is 15.4. The molecule has 3 nitrogen and oxygen atoms in total. The fraction of sp³-hybridized carbons (Fsp3) is 0.333. The first kappa shape index (κ1) is 15.0. The molecule has 1 unspecified atom stereocenters. The van der Waals surface area contributed by atoms with Gasteiger partial charge in [-0.15, -0.1) is 0 Å². The molecule has 3 rings (SSSR count). The minimum absolute atomic E-state index is 0.268. The highest BCUT2D eigenvalue weighted by molar-refractivity contribution is 5.53. The lowest BCUT2D eigenvalue weighted by molar-refractivity contribution is 0.275. The van der Waals surface area contributed by atoms with Gasteiger partial charge in [0.25, 0.3) is 0 Å². The highest BCUT2D eigenvalue weighted by Crippen LogP contribution is 2.29. The summed E-state index contributed by atoms with van der Waals surface area (Å²) in [4.78, 5) is 0. The Morgan fingerprint density at radius 2 is 2.09 bits per heavy atom. The van der Waals surface area contributed by atoms with Gasteiger partial charge in [-0.25, -0.2) is 4.39 Å². The number of rotatable bonds is 4. The van der Waals surface area contributed by atoms with Gasteiger partial charge in [-0.05, 0) is 42.2 Å². The average Bonchev–Trinajstić information content (AvgIpc) is 2.76. The van der Waals surface area contributed by atoms with Crippen molar-refractivity contribution in [2.45, 2.75) is 32.0 Å². The summed E-state index contributed by atoms with van der Waals surface area (Å²) in [6, 6.07) is 13.6. The van der Waals surface area contributed by atoms with E-state index in [1.54, 1.807) is 12.1 Å². The van der Waals surface area contributed by atoms with E-state index in [9.17, 15) is 4.39 Å². The minimum Gasteiger partial charge on any atom is -0.392 e. The molecule has 3 N–H and O–H groups in total. The molecule has 0 radical (unpaired) electrons. The molecule has 1 aliphatic rings. The number of para-hydroxylation sites is 1. The molecule has 0 aromatic heterocycles. The van der Waals surface area contributed by atoms with Gasteiger partial charge in [0.1, 0.15) is 5.82 Å². The lowest BCUT2D eigenvalue weighted by Gasteiger charge is -2.19. The van der Waals surface area contributed by atoms with Gasteiger partial charge in [-0.1, -0.05) is 24.3 Å². The summed E-state index contributed by atoms with van der Waals surface area (Å²) in [5, 5.41) is 16.2. The largest absolute Gasteiger partial charge is 0.392 e. The van der Waals surface area contributed by atoms with Crippen LogP contribution in [0.2, 0.25) is 0 Å². The van der Waals surface area contributed by atoms with Crippen LogP contribution in [-0.4, -0.2) is 11.7 Å². The Morgan fingerprint density at radius 1 is 1.23 bits per heavy atom. The first-order valence-electron chi connectivity index (χ1n) is 7.72. The van der Waals surface area contributed by atoms with E-state index in [2.05, 4.69) is 28.8 Å². The fourth-order valence-corrected chi connectivity index (χ4v) is 2.96. The van der Waals surface area contributed by atoms with E-state index in [4.69, 9.17) is 5.11 Å². The second kappa shape index (κ2) is 6.90. The standard InChI is InChI=1S/C18H21FN2O/c19-16-8-7-13(10-14(16)12-22)11-21-18-6-3-9-20-17-5-2-1-4-15(17)18/h1-2,4-5,7-8,10,18,20-22H,3,6,9,11-12H2. The van der Waals surface area contributed by atoms with Crippen LogP contribution in [0.25, 0.3) is 0 Å². The zero-order valence-corrected chi connectivity index (χ0v) is 12.5. The molecule has 0 spiro atoms. The molecule has 2 aromatic carbocycles. The lowest BCUT2D eigenvalue weighted by Crippen LogP contribution is -2.20. The molecule has 0 saturated carbocycles. The highest BCUT2D eigenvalue weighted by atomic mass is 19.1. The van der Waals surface area contributed by atoms with Crippen molar-refractivity contribution in [1.82, 2.24) is 5.32 Å². The van der Waals surface area contributed by atoms with Crippen molar-refractivity contribution in [1.29, 1.82) is 0 Å². The van der Waals surface area contributed by atoms with Crippen LogP contribution in [0, 0.1) is 5.82 Å². The number of hydrogen-bond donors (Lipinski definition) is 3. The van der Waals surface area contributed by atoms with Crippen LogP contribution in [-0.2, 0) is 13.2 Å². The van der Waals surface area contributed by atoms with Gasteiger partial charge in [0.05, 0.1) is 6.61 Å². The third-order valence-electron chi connectivity index (χ3n) is 4.15. The summed E-state index contributed by atoms with van der Waals surface area (Å²) in [5.74, 6) is -0.352. The van der Waals surface area contributed by atoms with E-state index in [0.29, 0.717) is 12.1 Å². The SMILES string of the molecule is OCc1cc(CNC2CCCNc3ccccc32)ccc1F. The van der Waals surface area contributed by atoms with Gasteiger partial charge >= 0.3 is 0 Å². The Labute approximate surface area is 130 Å². The predicted octanol–water partition coefficient (Wildman–Crippen LogP) is 3.35. The summed E-state index contributed by atoms with van der Waals surface area (Å²) < 4.78 is 13.4. The zero-order valence-electron chi connectivity index (χ0n) is 12.5. The number of benzene rings is 2. The first-order valence-corrected chi connectivity index (χ1v) is 7.72. The Balaban J connectivity index is 1.73. The van der Waals surface area contributed by atoms with Crippen LogP contribution in [0.15, 0.2) is 42.5 Å². The monoisotopic (exact) mass is 300 g/mol. The number of hydrogen-bond acceptors (Lipinski definition) is 3. The molecule has 4 heteroatoms. The Kier molecular flexibility index (Phi) is 4.71. The van der Waals surface area contributed by atoms with Crippen LogP contribution >= 0.6 is 0 Å². The van der Waals surface area contributed by atoms with Crippen LogP contribution < -0.4 is 10.6 Å². The van der Waals surface area contributed by atoms with Gasteiger partial charge in [0.15, 0.2) is 0 Å². The smallest absolute Gasteiger partial charge is 0.128 e. The number of nitrogens with one attached hydrogen (secondary N) is 2. The van der Waals surface area contributed by atoms with E-state index in [-0.39, 0.29) is 18.5 Å². The molecular weight excluding hydrogens is 279 g/mol. The van der Waals surface area contributed by atoms with Crippen molar-refractivity contribution >= 4 is 5.69 Å². The summed E-state index contributed by atoms with van der Waals surface area (Å²) in [5.41, 5.74) is 3.81. The molecule has 116 valence electrons. The van der Waals surface area contributed by atoms with Gasteiger partial charge in [0, 0.05) is 30.4 Å². The van der Waals surface area contributed by atoms with E-state index < -0.39 is 0 Å². The summed E-state index contributed by atoms with van der Waals surface area (Å²) >= 11 is 0. The third-order valence-corrected chi connectivity index (χ3v) is 4.15. The van der Waals surface area contributed by atoms with E-state index in [0.717, 1.165) is 24.9 Å². The third kappa shape index (κ3) is 3.29. The van der Waals surface area contributed by atoms with Crippen LogP contribution in [0.1, 0.15) is 35.6 Å². The normalized spacial score (nSPS) is 17.5. The van der Waals surface area contributed by atoms with E-state index in [1.165, 1.54) is 17.3 Å². The Morgan fingerprint density at radius 3 is 2.95 bits per heavy atom. The van der Waals surface area contributed by atoms with Crippen LogP contribution in [0.4, 0.5) is 10.1 Å². The van der Waals surface area contributed by atoms with Crippen LogP contribution in [0.3, 0.4) is 0 Å². The van der Waals surface area contributed by atoms with E-state index in [1.807, 2.05) is 6.07 Å². The maximum Gasteiger partial charge on any atom is 0.128 e. The van der Waals surface area contributed by atoms with Crippen molar-refractivity contribution in [3.05, 3.63) is 65.0 Å². The van der Waals surface area contributed by atoms with E-state index >= 15 is 0 Å². The predicted molar refractivity (Wildman–Crippen MR) is 86.1 cm³/mol. The minimum atomic E-state index is -0.352. The number of halogens is 1. The van der Waals surface area contributed by atoms with Gasteiger partial charge < -0.3 is 15.7 Å². The number of aliphatic hydroxyl groups is 1. The second-order valence-corrected chi connectivity index (χ2v) is 5.67. The molecule has 0 saturated heterocycles. The maximum atomic E-state index is 13.4. The molecule has 1 aliphatic heterocycles. The van der Waals surface area contributed by atoms with Crippen molar-refractivity contribution in [2.24, 2.45) is 0 Å². The van der Waals surface area contributed by atoms with Gasteiger partial charge in [0.2, 0.25) is 0 Å². The van der Waals surface area contributed by atoms with Crippen molar-refractivity contribution in [3.63, 3.8) is 0 Å². The topological polar surface area (TPSA) is 44.3 Å². The number of aliphatic hydroxyl groups excluding tert-OH is 1. The molecule has 22 heavy (non-hydrogen) atoms. The Bertz CT molecular complexity index is 645. The number of fused-ring (bicyclic) bond motifs is 1. The summed E-state index contributed by atoms with van der Waals surface area (Å²) in [6.07, 6.45) is 2.18. The Hall–Kier alpha value is -1.91. The van der Waals surface area contributed by atoms with Gasteiger partial charge in [-0.2, -0.15) is 0 Å². The molecule has 1 heterocycles. The summed E-state index contributed by atoms with van der Waals surface area (Å²) in [6.45, 7) is 1.38. The summed E-state index contributed by atoms with van der Waals surface area (Å²) in [7, 11) is 0. The molecule has 0 amide bonds. The van der Waals surface area contributed by atoms with Crippen molar-refractivity contribution < 1.29 is 9.50 Å². The maximum absolute atomic E-state index is 13.4. The number of anilines is 1. The van der Waals surface area contributed by atoms with Crippen LogP contribution in [0.5, 0.6) is 0 Å². The molecule has 2 aromatic rings. The highest BCUT2D eigenvalue weighted by Gasteiger charge is 2.17. The fourth-order valence-electron chi connectivity index (χ4n) is 2.96. The lowest BCUT2D eigenvalue weighted by atomic mass is 10.0. The molecule has 0 aliphatic carbocycles. The molecule has 0 bridgehead atoms. The molecule has 1 atom stereocenters. The quantitative estimate of drug-likeness (QED) is 0.811.